The molecular weight excluding hydrogens is 272 g/mol. The van der Waals surface area contributed by atoms with Crippen LogP contribution in [0.1, 0.15) is 66.2 Å². The lowest BCUT2D eigenvalue weighted by atomic mass is 10.2. The summed E-state index contributed by atoms with van der Waals surface area (Å²) in [6.45, 7) is 15.7. The highest BCUT2D eigenvalue weighted by Gasteiger charge is 1.94. The van der Waals surface area contributed by atoms with Gasteiger partial charge >= 0.3 is 0 Å². The van der Waals surface area contributed by atoms with Crippen molar-refractivity contribution in [3.05, 3.63) is 0 Å². The van der Waals surface area contributed by atoms with Gasteiger partial charge in [0.1, 0.15) is 0 Å². The molecule has 22 heavy (non-hydrogen) atoms. The third-order valence-electron chi connectivity index (χ3n) is 3.62. The Morgan fingerprint density at radius 2 is 0.818 bits per heavy atom. The predicted molar refractivity (Wildman–Crippen MR) is 99.7 cm³/mol. The maximum atomic E-state index is 3.54. The average molecular weight is 315 g/mol. The van der Waals surface area contributed by atoms with E-state index in [-0.39, 0.29) is 0 Å². The Balaban J connectivity index is 2.97. The lowest BCUT2D eigenvalue weighted by Gasteiger charge is -2.09. The molecule has 0 atom stereocenters. The zero-order chi connectivity index (χ0) is 16.5. The zero-order valence-corrected chi connectivity index (χ0v) is 15.6. The fraction of sp³-hybridized carbons (Fsp3) is 1.00. The van der Waals surface area contributed by atoms with Gasteiger partial charge in [-0.1, -0.05) is 40.5 Å². The maximum absolute atomic E-state index is 3.54. The third kappa shape index (κ3) is 19.8. The topological polar surface area (TPSA) is 48.1 Å². The highest BCUT2D eigenvalue weighted by Crippen LogP contribution is 1.98. The van der Waals surface area contributed by atoms with Crippen molar-refractivity contribution in [1.29, 1.82) is 0 Å². The van der Waals surface area contributed by atoms with E-state index in [4.69, 9.17) is 0 Å². The van der Waals surface area contributed by atoms with Crippen LogP contribution in [0.25, 0.3) is 0 Å². The van der Waals surface area contributed by atoms with Crippen molar-refractivity contribution >= 4 is 0 Å². The molecule has 0 saturated heterocycles. The molecule has 0 aromatic carbocycles. The van der Waals surface area contributed by atoms with Crippen molar-refractivity contribution in [3.63, 3.8) is 0 Å². The van der Waals surface area contributed by atoms with Gasteiger partial charge in [-0.05, 0) is 65.0 Å². The lowest BCUT2D eigenvalue weighted by molar-refractivity contribution is 0.521. The summed E-state index contributed by atoms with van der Waals surface area (Å²) in [5.41, 5.74) is 0. The Morgan fingerprint density at radius 1 is 0.455 bits per heavy atom. The second-order valence-corrected chi connectivity index (χ2v) is 6.84. The van der Waals surface area contributed by atoms with Crippen LogP contribution in [0, 0.1) is 0 Å². The Kier molecular flexibility index (Phi) is 17.1. The van der Waals surface area contributed by atoms with Crippen LogP contribution in [-0.2, 0) is 0 Å². The molecule has 0 aliphatic rings. The molecule has 0 fully saturated rings. The Labute approximate surface area is 139 Å². The van der Waals surface area contributed by atoms with Crippen LogP contribution >= 0.6 is 0 Å². The Bertz CT molecular complexity index is 185. The van der Waals surface area contributed by atoms with Gasteiger partial charge < -0.3 is 21.3 Å². The molecule has 0 radical (unpaired) electrons. The van der Waals surface area contributed by atoms with Crippen molar-refractivity contribution in [3.8, 4) is 0 Å². The summed E-state index contributed by atoms with van der Waals surface area (Å²) in [6.07, 6.45) is 7.79. The van der Waals surface area contributed by atoms with E-state index in [1.54, 1.807) is 0 Å². The van der Waals surface area contributed by atoms with E-state index in [2.05, 4.69) is 49.0 Å². The highest BCUT2D eigenvalue weighted by atomic mass is 14.9. The van der Waals surface area contributed by atoms with Gasteiger partial charge in [0, 0.05) is 12.1 Å². The zero-order valence-electron chi connectivity index (χ0n) is 15.6. The first-order valence-electron chi connectivity index (χ1n) is 9.51. The van der Waals surface area contributed by atoms with Gasteiger partial charge in [0.2, 0.25) is 0 Å². The van der Waals surface area contributed by atoms with E-state index in [1.165, 1.54) is 51.6 Å². The Morgan fingerprint density at radius 3 is 1.32 bits per heavy atom. The van der Waals surface area contributed by atoms with Gasteiger partial charge in [-0.25, -0.2) is 0 Å². The first-order valence-corrected chi connectivity index (χ1v) is 9.51. The summed E-state index contributed by atoms with van der Waals surface area (Å²) in [5, 5.41) is 14.0. The van der Waals surface area contributed by atoms with Crippen LogP contribution in [0.3, 0.4) is 0 Å². The highest BCUT2D eigenvalue weighted by molar-refractivity contribution is 4.57. The van der Waals surface area contributed by atoms with Crippen LogP contribution in [0.15, 0.2) is 0 Å². The van der Waals surface area contributed by atoms with E-state index in [1.807, 2.05) is 0 Å². The molecular formula is C18H42N4. The standard InChI is InChI=1S/C18H42N4/c1-17(2)21-15-8-6-5-7-11-19-12-9-13-20-14-10-16-22-18(3)4/h17-22H,5-16H2,1-4H3. The molecule has 0 bridgehead atoms. The van der Waals surface area contributed by atoms with E-state index in [9.17, 15) is 0 Å². The summed E-state index contributed by atoms with van der Waals surface area (Å²) >= 11 is 0. The van der Waals surface area contributed by atoms with Crippen LogP contribution < -0.4 is 21.3 Å². The van der Waals surface area contributed by atoms with E-state index in [0.717, 1.165) is 26.2 Å². The second kappa shape index (κ2) is 17.2. The summed E-state index contributed by atoms with van der Waals surface area (Å²) in [7, 11) is 0. The summed E-state index contributed by atoms with van der Waals surface area (Å²) in [6, 6.07) is 1.23. The monoisotopic (exact) mass is 314 g/mol. The van der Waals surface area contributed by atoms with Crippen LogP contribution in [0.5, 0.6) is 0 Å². The van der Waals surface area contributed by atoms with Crippen LogP contribution in [0.2, 0.25) is 0 Å². The number of hydrogen-bond donors (Lipinski definition) is 4. The van der Waals surface area contributed by atoms with Crippen molar-refractivity contribution < 1.29 is 0 Å². The SMILES string of the molecule is CC(C)NCCCCCCNCCCNCCCNC(C)C. The molecule has 4 nitrogen and oxygen atoms in total. The van der Waals surface area contributed by atoms with Gasteiger partial charge in [0.15, 0.2) is 0 Å². The first-order chi connectivity index (χ1) is 10.6. The minimum absolute atomic E-state index is 0.607. The lowest BCUT2D eigenvalue weighted by Crippen LogP contribution is -2.28. The molecule has 4 heteroatoms. The van der Waals surface area contributed by atoms with Crippen molar-refractivity contribution in [2.24, 2.45) is 0 Å². The van der Waals surface area contributed by atoms with Crippen LogP contribution in [-0.4, -0.2) is 51.4 Å². The predicted octanol–water partition coefficient (Wildman–Crippen LogP) is 2.50. The van der Waals surface area contributed by atoms with E-state index in [0.29, 0.717) is 12.1 Å². The number of nitrogens with one attached hydrogen (secondary N) is 4. The largest absolute Gasteiger partial charge is 0.317 e. The molecule has 0 spiro atoms. The summed E-state index contributed by atoms with van der Waals surface area (Å²) in [5.74, 6) is 0. The third-order valence-corrected chi connectivity index (χ3v) is 3.62. The van der Waals surface area contributed by atoms with Gasteiger partial charge in [-0.15, -0.1) is 0 Å². The van der Waals surface area contributed by atoms with Crippen molar-refractivity contribution in [2.45, 2.75) is 78.3 Å². The molecule has 0 amide bonds. The molecule has 0 aromatic rings. The molecule has 0 aliphatic heterocycles. The molecule has 0 rings (SSSR count). The van der Waals surface area contributed by atoms with Gasteiger partial charge in [-0.3, -0.25) is 0 Å². The van der Waals surface area contributed by atoms with Crippen LogP contribution in [0.4, 0.5) is 0 Å². The van der Waals surface area contributed by atoms with E-state index >= 15 is 0 Å². The van der Waals surface area contributed by atoms with Gasteiger partial charge in [0.05, 0.1) is 0 Å². The molecule has 4 N–H and O–H groups in total. The molecule has 0 unspecified atom stereocenters. The van der Waals surface area contributed by atoms with E-state index < -0.39 is 0 Å². The molecule has 0 aromatic heterocycles. The van der Waals surface area contributed by atoms with Crippen molar-refractivity contribution in [2.75, 3.05) is 39.3 Å². The second-order valence-electron chi connectivity index (χ2n) is 6.84. The summed E-state index contributed by atoms with van der Waals surface area (Å²) < 4.78 is 0. The molecule has 134 valence electrons. The Hall–Kier alpha value is -0.160. The minimum Gasteiger partial charge on any atom is -0.317 e. The van der Waals surface area contributed by atoms with Gasteiger partial charge in [-0.2, -0.15) is 0 Å². The number of hydrogen-bond acceptors (Lipinski definition) is 4. The number of rotatable bonds is 17. The molecule has 0 saturated carbocycles. The average Bonchev–Trinajstić information content (AvgIpc) is 2.46. The quantitative estimate of drug-likeness (QED) is 0.312. The van der Waals surface area contributed by atoms with Gasteiger partial charge in [0.25, 0.3) is 0 Å². The summed E-state index contributed by atoms with van der Waals surface area (Å²) in [4.78, 5) is 0. The minimum atomic E-state index is 0.607. The number of unbranched alkanes of at least 4 members (excludes halogenated alkanes) is 3. The normalized spacial score (nSPS) is 11.7. The fourth-order valence-electron chi connectivity index (χ4n) is 2.31. The maximum Gasteiger partial charge on any atom is 0.00103 e. The fourth-order valence-corrected chi connectivity index (χ4v) is 2.31. The first kappa shape index (κ1) is 21.8. The molecule has 0 aliphatic carbocycles. The smallest absolute Gasteiger partial charge is 0.00103 e. The molecule has 0 heterocycles. The van der Waals surface area contributed by atoms with Crippen molar-refractivity contribution in [1.82, 2.24) is 21.3 Å².